The van der Waals surface area contributed by atoms with E-state index in [4.69, 9.17) is 9.90 Å². The second-order valence-electron chi connectivity index (χ2n) is 9.35. The smallest absolute Gasteiger partial charge is 0.339 e. The van der Waals surface area contributed by atoms with Gasteiger partial charge >= 0.3 is 5.97 Å². The van der Waals surface area contributed by atoms with Gasteiger partial charge in [0.1, 0.15) is 0 Å². The Labute approximate surface area is 225 Å². The summed E-state index contributed by atoms with van der Waals surface area (Å²) in [5.74, 6) is -0.583. The number of carboxylic acids is 1. The molecule has 6 rings (SSSR count). The van der Waals surface area contributed by atoms with E-state index in [-0.39, 0.29) is 25.5 Å². The van der Waals surface area contributed by atoms with Crippen LogP contribution < -0.4 is 0 Å². The average molecular weight is 650 g/mol. The van der Waals surface area contributed by atoms with Gasteiger partial charge < -0.3 is 14.9 Å². The van der Waals surface area contributed by atoms with Crippen LogP contribution >= 0.6 is 0 Å². The molecule has 181 valence electrons. The summed E-state index contributed by atoms with van der Waals surface area (Å²) in [7, 11) is 0. The Balaban J connectivity index is 0.000000569. The van der Waals surface area contributed by atoms with Gasteiger partial charge in [0.2, 0.25) is 0 Å². The van der Waals surface area contributed by atoms with Gasteiger partial charge in [0.15, 0.2) is 0 Å². The van der Waals surface area contributed by atoms with Crippen LogP contribution in [-0.2, 0) is 25.5 Å². The molecule has 1 aromatic heterocycles. The number of benzene rings is 4. The molecule has 1 heterocycles. The number of fused-ring (bicyclic) bond motifs is 4. The molecule has 0 saturated carbocycles. The van der Waals surface area contributed by atoms with Crippen LogP contribution in [-0.4, -0.2) is 20.9 Å². The van der Waals surface area contributed by atoms with Crippen molar-refractivity contribution in [1.82, 2.24) is 4.98 Å². The van der Waals surface area contributed by atoms with Crippen LogP contribution in [0.3, 0.4) is 0 Å². The van der Waals surface area contributed by atoms with Crippen molar-refractivity contribution < 1.29 is 30.0 Å². The molecule has 0 amide bonds. The molecule has 4 heteroatoms. The van der Waals surface area contributed by atoms with Gasteiger partial charge in [-0.25, -0.2) is 0 Å². The SMILES string of the molecule is CC(O)=[OH+].CC1(C)c2ccccc2-c2ccc(-c3cc[c-]c(-c4nccc5ccccc45)c3)cc21.[Ir]. The quantitative estimate of drug-likeness (QED) is 0.157. The van der Waals surface area contributed by atoms with Crippen LogP contribution in [0.1, 0.15) is 31.9 Å². The minimum Gasteiger partial charge on any atom is -0.339 e. The normalized spacial score (nSPS) is 12.5. The zero-order chi connectivity index (χ0) is 24.6. The van der Waals surface area contributed by atoms with Crippen LogP contribution in [0.4, 0.5) is 0 Å². The maximum absolute atomic E-state index is 7.53. The Morgan fingerprint density at radius 3 is 2.31 bits per heavy atom. The Morgan fingerprint density at radius 2 is 1.50 bits per heavy atom. The van der Waals surface area contributed by atoms with Gasteiger partial charge in [0, 0.05) is 31.7 Å². The van der Waals surface area contributed by atoms with Crippen molar-refractivity contribution in [2.24, 2.45) is 0 Å². The number of aromatic nitrogens is 1. The number of rotatable bonds is 2. The Morgan fingerprint density at radius 1 is 0.833 bits per heavy atom. The van der Waals surface area contributed by atoms with Crippen molar-refractivity contribution in [3.05, 3.63) is 114 Å². The second kappa shape index (κ2) is 10.2. The van der Waals surface area contributed by atoms with E-state index in [0.717, 1.165) is 16.6 Å². The fourth-order valence-electron chi connectivity index (χ4n) is 5.00. The molecule has 1 aliphatic rings. The third-order valence-electron chi connectivity index (χ3n) is 6.65. The molecular weight excluding hydrogens is 623 g/mol. The van der Waals surface area contributed by atoms with E-state index in [0.29, 0.717) is 0 Å². The van der Waals surface area contributed by atoms with Gasteiger partial charge in [-0.2, -0.15) is 0 Å². The molecule has 4 aromatic carbocycles. The summed E-state index contributed by atoms with van der Waals surface area (Å²) in [4.78, 5) is 12.2. The zero-order valence-corrected chi connectivity index (χ0v) is 22.8. The molecule has 1 aliphatic carbocycles. The van der Waals surface area contributed by atoms with Crippen molar-refractivity contribution in [2.45, 2.75) is 26.2 Å². The monoisotopic (exact) mass is 650 g/mol. The van der Waals surface area contributed by atoms with Gasteiger partial charge in [-0.3, -0.25) is 0 Å². The van der Waals surface area contributed by atoms with Gasteiger partial charge in [-0.1, -0.05) is 80.6 Å². The standard InChI is InChI=1S/C30H22N.C2H4O2.Ir/c1-30(2)27-13-6-5-12-25(27)26-15-14-22(19-28(26)30)21-9-7-10-23(18-21)29-24-11-4-3-8-20(24)16-17-31-29;1-2(3)4;/h3-9,11-19H,1-2H3;1H3,(H,3,4);/q-1;;/p+1. The fraction of sp³-hybridized carbons (Fsp3) is 0.125. The third-order valence-corrected chi connectivity index (χ3v) is 6.65. The summed E-state index contributed by atoms with van der Waals surface area (Å²) in [6, 6.07) is 35.9. The van der Waals surface area contributed by atoms with E-state index >= 15 is 0 Å². The molecule has 0 atom stereocenters. The topological polar surface area (TPSA) is 54.5 Å². The molecule has 5 aromatic rings. The van der Waals surface area contributed by atoms with E-state index in [9.17, 15) is 0 Å². The number of aliphatic hydroxyl groups excluding tert-OH is 1. The Hall–Kier alpha value is -3.59. The van der Waals surface area contributed by atoms with E-state index < -0.39 is 5.97 Å². The molecule has 36 heavy (non-hydrogen) atoms. The van der Waals surface area contributed by atoms with Crippen molar-refractivity contribution in [1.29, 1.82) is 0 Å². The molecule has 0 bridgehead atoms. The third kappa shape index (κ3) is 4.63. The minimum atomic E-state index is -0.583. The summed E-state index contributed by atoms with van der Waals surface area (Å²) in [6.45, 7) is 5.84. The van der Waals surface area contributed by atoms with Gasteiger partial charge in [-0.15, -0.1) is 35.4 Å². The van der Waals surface area contributed by atoms with E-state index in [2.05, 4.69) is 110 Å². The molecular formula is C32H27IrNO2. The first-order valence-corrected chi connectivity index (χ1v) is 11.7. The summed E-state index contributed by atoms with van der Waals surface area (Å²) in [5, 5.41) is 9.88. The van der Waals surface area contributed by atoms with Crippen molar-refractivity contribution in [3.8, 4) is 33.5 Å². The predicted octanol–water partition coefficient (Wildman–Crippen LogP) is 7.74. The average Bonchev–Trinajstić information content (AvgIpc) is 3.10. The summed E-state index contributed by atoms with van der Waals surface area (Å²) < 4.78 is 0. The number of aliphatic carboxylic acids is 1. The number of hydrogen-bond acceptors (Lipinski definition) is 1. The second-order valence-corrected chi connectivity index (χ2v) is 9.35. The van der Waals surface area contributed by atoms with Gasteiger partial charge in [0.25, 0.3) is 0 Å². The van der Waals surface area contributed by atoms with Crippen LogP contribution in [0, 0.1) is 6.07 Å². The first-order chi connectivity index (χ1) is 16.9. The number of nitrogens with zero attached hydrogens (tertiary/aromatic N) is 1. The van der Waals surface area contributed by atoms with Crippen LogP contribution in [0.2, 0.25) is 0 Å². The largest absolute Gasteiger partial charge is 0.477 e. The van der Waals surface area contributed by atoms with Crippen LogP contribution in [0.5, 0.6) is 0 Å². The van der Waals surface area contributed by atoms with E-state index in [1.165, 1.54) is 45.7 Å². The Kier molecular flexibility index (Phi) is 7.21. The Bertz CT molecular complexity index is 1560. The molecule has 0 spiro atoms. The van der Waals surface area contributed by atoms with Crippen molar-refractivity contribution >= 4 is 16.7 Å². The number of carboxylic acid groups (broad SMARTS) is 1. The molecule has 0 saturated heterocycles. The predicted molar refractivity (Wildman–Crippen MR) is 144 cm³/mol. The molecule has 0 fully saturated rings. The molecule has 3 nitrogen and oxygen atoms in total. The number of pyridine rings is 1. The fourth-order valence-corrected chi connectivity index (χ4v) is 5.00. The number of hydrogen-bond donors (Lipinski definition) is 1. The molecule has 2 N–H and O–H groups in total. The van der Waals surface area contributed by atoms with Crippen molar-refractivity contribution in [2.75, 3.05) is 0 Å². The zero-order valence-electron chi connectivity index (χ0n) is 20.4. The summed E-state index contributed by atoms with van der Waals surface area (Å²) in [6.07, 6.45) is 1.88. The van der Waals surface area contributed by atoms with Gasteiger partial charge in [0.05, 0.1) is 6.92 Å². The van der Waals surface area contributed by atoms with Gasteiger partial charge in [-0.05, 0) is 50.4 Å². The molecule has 0 unspecified atom stereocenters. The molecule has 0 aliphatic heterocycles. The van der Waals surface area contributed by atoms with Crippen LogP contribution in [0.25, 0.3) is 44.3 Å². The first-order valence-electron chi connectivity index (χ1n) is 11.7. The van der Waals surface area contributed by atoms with E-state index in [1.807, 2.05) is 12.3 Å². The first kappa shape index (κ1) is 25.5. The van der Waals surface area contributed by atoms with Crippen molar-refractivity contribution in [3.63, 3.8) is 0 Å². The maximum Gasteiger partial charge on any atom is 0.477 e. The maximum atomic E-state index is 7.53. The molecule has 1 radical (unpaired) electrons. The minimum absolute atomic E-state index is 0. The summed E-state index contributed by atoms with van der Waals surface area (Å²) in [5.41, 5.74) is 9.94. The van der Waals surface area contributed by atoms with Crippen LogP contribution in [0.15, 0.2) is 97.2 Å². The summed E-state index contributed by atoms with van der Waals surface area (Å²) >= 11 is 0. The van der Waals surface area contributed by atoms with E-state index in [1.54, 1.807) is 0 Å².